The molecule has 0 saturated carbocycles. The number of hydrogen-bond donors (Lipinski definition) is 1. The predicted molar refractivity (Wildman–Crippen MR) is 115 cm³/mol. The van der Waals surface area contributed by atoms with Crippen LogP contribution >= 0.6 is 15.9 Å². The molecule has 2 aromatic carbocycles. The van der Waals surface area contributed by atoms with Gasteiger partial charge in [0.05, 0.1) is 13.7 Å². The van der Waals surface area contributed by atoms with Crippen LogP contribution in [0.25, 0.3) is 6.08 Å². The number of amides is 1. The number of nitrogens with zero attached hydrogens (tertiary/aromatic N) is 1. The van der Waals surface area contributed by atoms with E-state index in [2.05, 4.69) is 21.2 Å². The summed E-state index contributed by atoms with van der Waals surface area (Å²) >= 11 is 3.47. The summed E-state index contributed by atoms with van der Waals surface area (Å²) in [5.41, 5.74) is 3.36. The lowest BCUT2D eigenvalue weighted by atomic mass is 10.1. The molecule has 0 bridgehead atoms. The molecule has 0 aliphatic heterocycles. The number of hydrogen-bond acceptors (Lipinski definition) is 4. The zero-order valence-electron chi connectivity index (χ0n) is 16.4. The molecule has 146 valence electrons. The van der Waals surface area contributed by atoms with E-state index in [-0.39, 0.29) is 5.57 Å². The van der Waals surface area contributed by atoms with E-state index in [0.717, 1.165) is 17.5 Å². The smallest absolute Gasteiger partial charge is 0.266 e. The fourth-order valence-corrected chi connectivity index (χ4v) is 3.03. The Balaban J connectivity index is 2.32. The highest BCUT2D eigenvalue weighted by atomic mass is 79.9. The van der Waals surface area contributed by atoms with Crippen molar-refractivity contribution in [3.05, 3.63) is 57.1 Å². The molecule has 2 aromatic rings. The number of rotatable bonds is 7. The van der Waals surface area contributed by atoms with E-state index < -0.39 is 5.91 Å². The molecule has 0 aromatic heterocycles. The average Bonchev–Trinajstić information content (AvgIpc) is 2.67. The zero-order valence-corrected chi connectivity index (χ0v) is 18.0. The van der Waals surface area contributed by atoms with Crippen LogP contribution in [0.3, 0.4) is 0 Å². The maximum Gasteiger partial charge on any atom is 0.266 e. The van der Waals surface area contributed by atoms with Gasteiger partial charge in [0.1, 0.15) is 11.6 Å². The van der Waals surface area contributed by atoms with Gasteiger partial charge in [0.2, 0.25) is 0 Å². The third-order valence-corrected chi connectivity index (χ3v) is 4.73. The minimum atomic E-state index is -0.466. The lowest BCUT2D eigenvalue weighted by Gasteiger charge is -2.12. The summed E-state index contributed by atoms with van der Waals surface area (Å²) in [5, 5.41) is 12.3. The number of carbonyl (C=O) groups excluding carboxylic acids is 1. The first kappa shape index (κ1) is 21.5. The van der Waals surface area contributed by atoms with Crippen LogP contribution in [0, 0.1) is 25.2 Å². The summed E-state index contributed by atoms with van der Waals surface area (Å²) in [6.45, 7) is 6.48. The van der Waals surface area contributed by atoms with Crippen LogP contribution in [0.4, 0.5) is 5.69 Å². The summed E-state index contributed by atoms with van der Waals surface area (Å²) in [7, 11) is 1.55. The summed E-state index contributed by atoms with van der Waals surface area (Å²) in [6.07, 6.45) is 2.40. The monoisotopic (exact) mass is 442 g/mol. The third kappa shape index (κ3) is 5.37. The van der Waals surface area contributed by atoms with Gasteiger partial charge in [-0.15, -0.1) is 0 Å². The Hall–Kier alpha value is -2.78. The first-order valence-corrected chi connectivity index (χ1v) is 9.69. The number of carbonyl (C=O) groups is 1. The van der Waals surface area contributed by atoms with E-state index in [1.54, 1.807) is 19.2 Å². The van der Waals surface area contributed by atoms with Gasteiger partial charge in [-0.25, -0.2) is 0 Å². The van der Waals surface area contributed by atoms with Crippen LogP contribution in [0.2, 0.25) is 0 Å². The molecule has 6 heteroatoms. The molecule has 5 nitrogen and oxygen atoms in total. The van der Waals surface area contributed by atoms with Crippen LogP contribution in [-0.2, 0) is 4.79 Å². The minimum Gasteiger partial charge on any atom is -0.493 e. The SMILES string of the molecule is CCCOc1cc(Br)c(/C=C(\C#N)C(=O)Nc2ccc(C)cc2C)cc1OC. The van der Waals surface area contributed by atoms with Crippen LogP contribution in [0.5, 0.6) is 11.5 Å². The van der Waals surface area contributed by atoms with E-state index in [1.165, 1.54) is 6.08 Å². The molecule has 0 aliphatic rings. The van der Waals surface area contributed by atoms with Crippen LogP contribution < -0.4 is 14.8 Å². The molecular weight excluding hydrogens is 420 g/mol. The first-order valence-electron chi connectivity index (χ1n) is 8.90. The van der Waals surface area contributed by atoms with Crippen molar-refractivity contribution in [1.82, 2.24) is 0 Å². The van der Waals surface area contributed by atoms with Gasteiger partial charge in [0.25, 0.3) is 5.91 Å². The Bertz CT molecular complexity index is 946. The van der Waals surface area contributed by atoms with Gasteiger partial charge in [-0.3, -0.25) is 4.79 Å². The van der Waals surface area contributed by atoms with E-state index in [4.69, 9.17) is 9.47 Å². The Morgan fingerprint density at radius 1 is 1.25 bits per heavy atom. The van der Waals surface area contributed by atoms with Crippen molar-refractivity contribution < 1.29 is 14.3 Å². The molecule has 0 fully saturated rings. The van der Waals surface area contributed by atoms with E-state index >= 15 is 0 Å². The Kier molecular flexibility index (Phi) is 7.65. The molecule has 28 heavy (non-hydrogen) atoms. The molecule has 0 atom stereocenters. The van der Waals surface area contributed by atoms with Crippen molar-refractivity contribution >= 4 is 33.6 Å². The lowest BCUT2D eigenvalue weighted by molar-refractivity contribution is -0.112. The second kappa shape index (κ2) is 9.95. The van der Waals surface area contributed by atoms with Crippen molar-refractivity contribution in [2.24, 2.45) is 0 Å². The summed E-state index contributed by atoms with van der Waals surface area (Å²) in [5.74, 6) is 0.674. The second-order valence-electron chi connectivity index (χ2n) is 6.32. The van der Waals surface area contributed by atoms with Gasteiger partial charge in [-0.2, -0.15) is 5.26 Å². The standard InChI is InChI=1S/C22H23BrN2O3/c1-5-8-28-21-12-18(23)16(11-20(21)27-4)10-17(13-24)22(26)25-19-7-6-14(2)9-15(19)3/h6-7,9-12H,5,8H2,1-4H3,(H,25,26)/b17-10+. The maximum absolute atomic E-state index is 12.6. The molecule has 0 radical (unpaired) electrons. The van der Waals surface area contributed by atoms with Crippen molar-refractivity contribution in [1.29, 1.82) is 5.26 Å². The summed E-state index contributed by atoms with van der Waals surface area (Å²) in [6, 6.07) is 11.2. The normalized spacial score (nSPS) is 10.9. The van der Waals surface area contributed by atoms with E-state index in [1.807, 2.05) is 45.0 Å². The Morgan fingerprint density at radius 2 is 2.00 bits per heavy atom. The predicted octanol–water partition coefficient (Wildman–Crippen LogP) is 5.41. The highest BCUT2D eigenvalue weighted by Gasteiger charge is 2.14. The van der Waals surface area contributed by atoms with Gasteiger partial charge in [0, 0.05) is 10.2 Å². The Morgan fingerprint density at radius 3 is 2.61 bits per heavy atom. The molecule has 2 rings (SSSR count). The highest BCUT2D eigenvalue weighted by Crippen LogP contribution is 2.34. The van der Waals surface area contributed by atoms with Crippen molar-refractivity contribution in [2.45, 2.75) is 27.2 Å². The van der Waals surface area contributed by atoms with Gasteiger partial charge in [-0.05, 0) is 55.7 Å². The summed E-state index contributed by atoms with van der Waals surface area (Å²) < 4.78 is 11.8. The molecular formula is C22H23BrN2O3. The van der Waals surface area contributed by atoms with Crippen molar-refractivity contribution in [3.8, 4) is 17.6 Å². The average molecular weight is 443 g/mol. The first-order chi connectivity index (χ1) is 13.4. The number of nitrogens with one attached hydrogen (secondary N) is 1. The van der Waals surface area contributed by atoms with Gasteiger partial charge < -0.3 is 14.8 Å². The van der Waals surface area contributed by atoms with E-state index in [0.29, 0.717) is 33.8 Å². The fraction of sp³-hybridized carbons (Fsp3) is 0.273. The minimum absolute atomic E-state index is 0.00930. The molecule has 0 spiro atoms. The van der Waals surface area contributed by atoms with Crippen molar-refractivity contribution in [2.75, 3.05) is 19.0 Å². The lowest BCUT2D eigenvalue weighted by Crippen LogP contribution is -2.14. The van der Waals surface area contributed by atoms with Gasteiger partial charge in [0.15, 0.2) is 11.5 Å². The maximum atomic E-state index is 12.6. The third-order valence-electron chi connectivity index (χ3n) is 4.04. The van der Waals surface area contributed by atoms with Crippen LogP contribution in [0.15, 0.2) is 40.4 Å². The topological polar surface area (TPSA) is 71.3 Å². The number of nitriles is 1. The molecule has 0 heterocycles. The molecule has 0 unspecified atom stereocenters. The molecule has 0 saturated heterocycles. The van der Waals surface area contributed by atoms with Gasteiger partial charge >= 0.3 is 0 Å². The number of methoxy groups -OCH3 is 1. The molecule has 1 amide bonds. The number of benzene rings is 2. The number of anilines is 1. The largest absolute Gasteiger partial charge is 0.493 e. The number of ether oxygens (including phenoxy) is 2. The highest BCUT2D eigenvalue weighted by molar-refractivity contribution is 9.10. The fourth-order valence-electron chi connectivity index (χ4n) is 2.59. The molecule has 0 aliphatic carbocycles. The van der Waals surface area contributed by atoms with Gasteiger partial charge in [-0.1, -0.05) is 40.5 Å². The summed E-state index contributed by atoms with van der Waals surface area (Å²) in [4.78, 5) is 12.6. The number of aryl methyl sites for hydroxylation is 2. The second-order valence-corrected chi connectivity index (χ2v) is 7.17. The van der Waals surface area contributed by atoms with Crippen LogP contribution in [0.1, 0.15) is 30.0 Å². The van der Waals surface area contributed by atoms with Crippen LogP contribution in [-0.4, -0.2) is 19.6 Å². The number of halogens is 1. The van der Waals surface area contributed by atoms with E-state index in [9.17, 15) is 10.1 Å². The molecule has 1 N–H and O–H groups in total. The quantitative estimate of drug-likeness (QED) is 0.459. The Labute approximate surface area is 174 Å². The van der Waals surface area contributed by atoms with Crippen molar-refractivity contribution in [3.63, 3.8) is 0 Å². The zero-order chi connectivity index (χ0) is 20.7.